The minimum Gasteiger partial charge on any atom is -0.311 e. The molecule has 0 bridgehead atoms. The minimum atomic E-state index is 1.09. The zero-order valence-electron chi connectivity index (χ0n) is 33.8. The third-order valence-corrected chi connectivity index (χ3v) is 11.5. The molecule has 0 aliphatic rings. The second-order valence-electron chi connectivity index (χ2n) is 15.4. The topological polar surface area (TPSA) is 3.24 Å². The van der Waals surface area contributed by atoms with E-state index in [0.717, 1.165) is 17.1 Å². The van der Waals surface area contributed by atoms with E-state index in [-0.39, 0.29) is 0 Å². The van der Waals surface area contributed by atoms with Crippen LogP contribution in [0.1, 0.15) is 0 Å². The van der Waals surface area contributed by atoms with E-state index in [9.17, 15) is 0 Å². The Morgan fingerprint density at radius 3 is 0.738 bits per heavy atom. The average molecular weight is 778 g/mol. The molecule has 0 spiro atoms. The van der Waals surface area contributed by atoms with Crippen LogP contribution in [0.3, 0.4) is 0 Å². The van der Waals surface area contributed by atoms with Crippen molar-refractivity contribution in [2.24, 2.45) is 0 Å². The summed E-state index contributed by atoms with van der Waals surface area (Å²) in [6.45, 7) is 0. The Morgan fingerprint density at radius 1 is 0.164 bits per heavy atom. The lowest BCUT2D eigenvalue weighted by Gasteiger charge is -2.26. The highest BCUT2D eigenvalue weighted by Crippen LogP contribution is 2.40. The monoisotopic (exact) mass is 777 g/mol. The largest absolute Gasteiger partial charge is 0.311 e. The summed E-state index contributed by atoms with van der Waals surface area (Å²) >= 11 is 0. The lowest BCUT2D eigenvalue weighted by molar-refractivity contribution is 1.28. The molecule has 288 valence electrons. The molecule has 0 saturated heterocycles. The Balaban J connectivity index is 0.981. The van der Waals surface area contributed by atoms with Gasteiger partial charge in [-0.15, -0.1) is 0 Å². The molecule has 10 aromatic carbocycles. The Morgan fingerprint density at radius 2 is 0.393 bits per heavy atom. The van der Waals surface area contributed by atoms with Crippen LogP contribution < -0.4 is 4.90 Å². The van der Waals surface area contributed by atoms with Crippen molar-refractivity contribution < 1.29 is 0 Å². The van der Waals surface area contributed by atoms with Gasteiger partial charge in [-0.2, -0.15) is 0 Å². The molecule has 0 fully saturated rings. The van der Waals surface area contributed by atoms with Gasteiger partial charge in [0.05, 0.1) is 0 Å². The predicted molar refractivity (Wildman–Crippen MR) is 259 cm³/mol. The van der Waals surface area contributed by atoms with Crippen molar-refractivity contribution in [3.63, 3.8) is 0 Å². The fourth-order valence-electron chi connectivity index (χ4n) is 8.28. The van der Waals surface area contributed by atoms with E-state index in [1.165, 1.54) is 77.9 Å². The maximum Gasteiger partial charge on any atom is 0.0462 e. The van der Waals surface area contributed by atoms with Gasteiger partial charge >= 0.3 is 0 Å². The molecule has 0 unspecified atom stereocenters. The standard InChI is InChI=1S/C60H43N/c1-5-13-44(14-6-1)47-21-23-49(24-22-47)51-31-38-57(39-32-51)61(56-36-29-50(30-37-56)46-17-9-3-10-18-46)58-40-33-52(34-41-58)55-35-42-59(60(43-55)53-19-11-4-12-20-53)54-27-25-48(26-28-54)45-15-7-2-8-16-45/h1-43H. The molecular formula is C60H43N. The summed E-state index contributed by atoms with van der Waals surface area (Å²) < 4.78 is 0. The number of hydrogen-bond acceptors (Lipinski definition) is 1. The van der Waals surface area contributed by atoms with Crippen LogP contribution in [0.15, 0.2) is 261 Å². The summed E-state index contributed by atoms with van der Waals surface area (Å²) in [6, 6.07) is 93.9. The van der Waals surface area contributed by atoms with Crippen LogP contribution in [0.4, 0.5) is 17.1 Å². The van der Waals surface area contributed by atoms with Crippen LogP contribution in [0, 0.1) is 0 Å². The van der Waals surface area contributed by atoms with Crippen LogP contribution in [0.25, 0.3) is 77.9 Å². The van der Waals surface area contributed by atoms with Crippen molar-refractivity contribution in [3.8, 4) is 77.9 Å². The van der Waals surface area contributed by atoms with Gasteiger partial charge in [0.2, 0.25) is 0 Å². The van der Waals surface area contributed by atoms with E-state index in [1.54, 1.807) is 0 Å². The summed E-state index contributed by atoms with van der Waals surface area (Å²) in [7, 11) is 0. The molecule has 0 amide bonds. The third-order valence-electron chi connectivity index (χ3n) is 11.5. The first-order chi connectivity index (χ1) is 30.2. The summed E-state index contributed by atoms with van der Waals surface area (Å²) in [4.78, 5) is 2.35. The smallest absolute Gasteiger partial charge is 0.0462 e. The lowest BCUT2D eigenvalue weighted by atomic mass is 9.90. The van der Waals surface area contributed by atoms with Crippen molar-refractivity contribution in [2.45, 2.75) is 0 Å². The summed E-state index contributed by atoms with van der Waals surface area (Å²) in [6.07, 6.45) is 0. The zero-order chi connectivity index (χ0) is 40.8. The van der Waals surface area contributed by atoms with Gasteiger partial charge in [-0.25, -0.2) is 0 Å². The Kier molecular flexibility index (Phi) is 10.4. The highest BCUT2D eigenvalue weighted by Gasteiger charge is 2.15. The molecular weight excluding hydrogens is 735 g/mol. The number of rotatable bonds is 10. The van der Waals surface area contributed by atoms with Gasteiger partial charge < -0.3 is 4.90 Å². The van der Waals surface area contributed by atoms with E-state index in [1.807, 2.05) is 0 Å². The quantitative estimate of drug-likeness (QED) is 0.134. The fourth-order valence-corrected chi connectivity index (χ4v) is 8.28. The Labute approximate surface area is 359 Å². The van der Waals surface area contributed by atoms with Crippen LogP contribution in [0.5, 0.6) is 0 Å². The zero-order valence-corrected chi connectivity index (χ0v) is 33.8. The number of benzene rings is 10. The summed E-state index contributed by atoms with van der Waals surface area (Å²) in [5.41, 5.74) is 20.1. The van der Waals surface area contributed by atoms with Crippen molar-refractivity contribution in [1.82, 2.24) is 0 Å². The van der Waals surface area contributed by atoms with E-state index in [2.05, 4.69) is 266 Å². The highest BCUT2D eigenvalue weighted by atomic mass is 15.1. The molecule has 0 N–H and O–H groups in total. The van der Waals surface area contributed by atoms with Gasteiger partial charge in [-0.3, -0.25) is 0 Å². The Bertz CT molecular complexity index is 2980. The van der Waals surface area contributed by atoms with Gasteiger partial charge in [0.25, 0.3) is 0 Å². The molecule has 10 aromatic rings. The van der Waals surface area contributed by atoms with Gasteiger partial charge in [0.1, 0.15) is 0 Å². The first kappa shape index (κ1) is 37.3. The first-order valence-corrected chi connectivity index (χ1v) is 20.9. The number of anilines is 3. The van der Waals surface area contributed by atoms with Gasteiger partial charge in [-0.1, -0.05) is 218 Å². The third kappa shape index (κ3) is 8.06. The number of hydrogen-bond donors (Lipinski definition) is 0. The molecule has 0 aliphatic heterocycles. The van der Waals surface area contributed by atoms with Crippen molar-refractivity contribution >= 4 is 17.1 Å². The van der Waals surface area contributed by atoms with Crippen LogP contribution >= 0.6 is 0 Å². The van der Waals surface area contributed by atoms with Crippen molar-refractivity contribution in [2.75, 3.05) is 4.90 Å². The molecule has 1 heteroatoms. The van der Waals surface area contributed by atoms with E-state index in [4.69, 9.17) is 0 Å². The van der Waals surface area contributed by atoms with Crippen LogP contribution in [0.2, 0.25) is 0 Å². The Hall–Kier alpha value is -8.00. The molecule has 61 heavy (non-hydrogen) atoms. The second kappa shape index (κ2) is 17.1. The fraction of sp³-hybridized carbons (Fsp3) is 0. The highest BCUT2D eigenvalue weighted by molar-refractivity contribution is 5.88. The molecule has 0 aromatic heterocycles. The second-order valence-corrected chi connectivity index (χ2v) is 15.4. The molecule has 0 atom stereocenters. The average Bonchev–Trinajstić information content (AvgIpc) is 3.36. The SMILES string of the molecule is c1ccc(-c2ccc(-c3ccc(N(c4ccc(-c5ccccc5)cc4)c4ccc(-c5ccc(-c6ccc(-c7ccccc7)cc6)c(-c6ccccc6)c5)cc4)cc3)cc2)cc1. The number of nitrogens with zero attached hydrogens (tertiary/aromatic N) is 1. The maximum absolute atomic E-state index is 2.35. The van der Waals surface area contributed by atoms with E-state index in [0.29, 0.717) is 0 Å². The molecule has 0 heterocycles. The van der Waals surface area contributed by atoms with Crippen LogP contribution in [-0.2, 0) is 0 Å². The molecule has 0 aliphatic carbocycles. The first-order valence-electron chi connectivity index (χ1n) is 20.9. The van der Waals surface area contributed by atoms with E-state index < -0.39 is 0 Å². The maximum atomic E-state index is 2.35. The van der Waals surface area contributed by atoms with E-state index >= 15 is 0 Å². The predicted octanol–water partition coefficient (Wildman–Crippen LogP) is 16.8. The van der Waals surface area contributed by atoms with Gasteiger partial charge in [-0.05, 0) is 120 Å². The lowest BCUT2D eigenvalue weighted by Crippen LogP contribution is -2.09. The summed E-state index contributed by atoms with van der Waals surface area (Å²) in [5, 5.41) is 0. The molecule has 10 rings (SSSR count). The normalized spacial score (nSPS) is 11.0. The van der Waals surface area contributed by atoms with Gasteiger partial charge in [0.15, 0.2) is 0 Å². The molecule has 0 saturated carbocycles. The molecule has 1 nitrogen and oxygen atoms in total. The minimum absolute atomic E-state index is 1.09. The molecule has 0 radical (unpaired) electrons. The van der Waals surface area contributed by atoms with Gasteiger partial charge in [0, 0.05) is 17.1 Å². The summed E-state index contributed by atoms with van der Waals surface area (Å²) in [5.74, 6) is 0. The van der Waals surface area contributed by atoms with Crippen molar-refractivity contribution in [3.05, 3.63) is 261 Å². The van der Waals surface area contributed by atoms with Crippen molar-refractivity contribution in [1.29, 1.82) is 0 Å². The van der Waals surface area contributed by atoms with Crippen LogP contribution in [-0.4, -0.2) is 0 Å².